The first-order valence-corrected chi connectivity index (χ1v) is 7.34. The van der Waals surface area contributed by atoms with Crippen molar-refractivity contribution >= 4 is 28.5 Å². The molecule has 21 heavy (non-hydrogen) atoms. The third kappa shape index (κ3) is 2.97. The molecule has 0 bridgehead atoms. The first kappa shape index (κ1) is 13.8. The summed E-state index contributed by atoms with van der Waals surface area (Å²) in [6.45, 7) is 0. The van der Waals surface area contributed by atoms with Crippen molar-refractivity contribution in [3.63, 3.8) is 0 Å². The van der Waals surface area contributed by atoms with Gasteiger partial charge in [0, 0.05) is 21.6 Å². The molecule has 106 valence electrons. The molecule has 0 fully saturated rings. The molecule has 0 atom stereocenters. The van der Waals surface area contributed by atoms with Gasteiger partial charge >= 0.3 is 0 Å². The molecule has 5 heteroatoms. The molecule has 0 amide bonds. The number of hydrogen-bond donors (Lipinski definition) is 1. The number of nitrogen functional groups attached to an aromatic ring is 1. The van der Waals surface area contributed by atoms with Gasteiger partial charge in [0.1, 0.15) is 17.5 Å². The Bertz CT molecular complexity index is 805. The fourth-order valence-electron chi connectivity index (χ4n) is 2.03. The molecule has 0 aliphatic heterocycles. The summed E-state index contributed by atoms with van der Waals surface area (Å²) < 4.78 is 26.7. The molecule has 1 heterocycles. The zero-order chi connectivity index (χ0) is 14.8. The van der Waals surface area contributed by atoms with Crippen LogP contribution < -0.4 is 5.73 Å². The number of aromatic nitrogens is 1. The van der Waals surface area contributed by atoms with Crippen LogP contribution in [0, 0.1) is 11.6 Å². The van der Waals surface area contributed by atoms with Gasteiger partial charge in [-0.05, 0) is 30.3 Å². The topological polar surface area (TPSA) is 38.9 Å². The van der Waals surface area contributed by atoms with Crippen molar-refractivity contribution in [1.29, 1.82) is 0 Å². The van der Waals surface area contributed by atoms with Crippen LogP contribution in [0.15, 0.2) is 53.4 Å². The molecule has 0 unspecified atom stereocenters. The molecule has 1 aromatic heterocycles. The maximum atomic E-state index is 13.6. The molecular formula is C16H12F2N2S. The number of hydrogen-bond acceptors (Lipinski definition) is 3. The number of nitrogens with zero attached hydrogens (tertiary/aromatic N) is 1. The second kappa shape index (κ2) is 5.69. The molecule has 0 radical (unpaired) electrons. The Morgan fingerprint density at radius 1 is 1.05 bits per heavy atom. The third-order valence-corrected chi connectivity index (χ3v) is 4.19. The minimum absolute atomic E-state index is 0.266. The Hall–Kier alpha value is -2.14. The van der Waals surface area contributed by atoms with Gasteiger partial charge in [-0.2, -0.15) is 0 Å². The van der Waals surface area contributed by atoms with Gasteiger partial charge in [-0.3, -0.25) is 0 Å². The molecular weight excluding hydrogens is 290 g/mol. The van der Waals surface area contributed by atoms with Crippen LogP contribution in [-0.4, -0.2) is 4.98 Å². The highest BCUT2D eigenvalue weighted by Gasteiger charge is 2.08. The summed E-state index contributed by atoms with van der Waals surface area (Å²) in [7, 11) is 0. The van der Waals surface area contributed by atoms with Gasteiger partial charge in [-0.1, -0.05) is 18.2 Å². The Morgan fingerprint density at radius 2 is 1.86 bits per heavy atom. The molecule has 0 aliphatic rings. The van der Waals surface area contributed by atoms with Crippen LogP contribution >= 0.6 is 11.8 Å². The summed E-state index contributed by atoms with van der Waals surface area (Å²) in [6.07, 6.45) is 0. The Balaban J connectivity index is 1.88. The van der Waals surface area contributed by atoms with Gasteiger partial charge in [-0.15, -0.1) is 11.8 Å². The predicted octanol–water partition coefficient (Wildman–Crippen LogP) is 4.39. The van der Waals surface area contributed by atoms with Gasteiger partial charge in [-0.25, -0.2) is 13.8 Å². The second-order valence-electron chi connectivity index (χ2n) is 4.59. The summed E-state index contributed by atoms with van der Waals surface area (Å²) in [5.74, 6) is -0.0421. The zero-order valence-electron chi connectivity index (χ0n) is 11.0. The number of fused-ring (bicyclic) bond motifs is 1. The van der Waals surface area contributed by atoms with Crippen molar-refractivity contribution < 1.29 is 8.78 Å². The van der Waals surface area contributed by atoms with Crippen molar-refractivity contribution in [2.45, 2.75) is 10.6 Å². The number of para-hydroxylation sites is 1. The number of halogens is 2. The molecule has 3 aromatic rings. The Morgan fingerprint density at radius 3 is 2.71 bits per heavy atom. The van der Waals surface area contributed by atoms with E-state index in [4.69, 9.17) is 5.73 Å². The number of benzene rings is 2. The zero-order valence-corrected chi connectivity index (χ0v) is 11.8. The van der Waals surface area contributed by atoms with E-state index < -0.39 is 11.6 Å². The van der Waals surface area contributed by atoms with E-state index in [9.17, 15) is 8.78 Å². The Kier molecular flexibility index (Phi) is 3.75. The van der Waals surface area contributed by atoms with Crippen molar-refractivity contribution in [3.8, 4) is 0 Å². The van der Waals surface area contributed by atoms with Crippen LogP contribution in [0.1, 0.15) is 5.56 Å². The van der Waals surface area contributed by atoms with E-state index in [2.05, 4.69) is 4.98 Å². The van der Waals surface area contributed by atoms with Gasteiger partial charge in [0.2, 0.25) is 0 Å². The standard InChI is InChI=1S/C16H12F2N2S/c17-12-5-6-13(18)15(8-12)21-9-11-7-10-3-1-2-4-14(10)20-16(11)19/h1-8H,9H2,(H2,19,20). The van der Waals surface area contributed by atoms with E-state index in [0.29, 0.717) is 11.6 Å². The highest BCUT2D eigenvalue weighted by Crippen LogP contribution is 2.29. The van der Waals surface area contributed by atoms with Gasteiger partial charge in [0.15, 0.2) is 0 Å². The lowest BCUT2D eigenvalue weighted by molar-refractivity contribution is 0.577. The van der Waals surface area contributed by atoms with Crippen LogP contribution in [0.5, 0.6) is 0 Å². The molecule has 0 saturated heterocycles. The van der Waals surface area contributed by atoms with Crippen LogP contribution in [-0.2, 0) is 5.75 Å². The fraction of sp³-hybridized carbons (Fsp3) is 0.0625. The molecule has 0 saturated carbocycles. The lowest BCUT2D eigenvalue weighted by atomic mass is 10.1. The average molecular weight is 302 g/mol. The van der Waals surface area contributed by atoms with E-state index in [0.717, 1.165) is 28.6 Å². The average Bonchev–Trinajstić information content (AvgIpc) is 2.48. The summed E-state index contributed by atoms with van der Waals surface area (Å²) in [5, 5.41) is 0.974. The molecule has 2 nitrogen and oxygen atoms in total. The number of nitrogens with two attached hydrogens (primary N) is 1. The van der Waals surface area contributed by atoms with E-state index in [1.165, 1.54) is 17.8 Å². The van der Waals surface area contributed by atoms with Gasteiger partial charge in [0.25, 0.3) is 0 Å². The molecule has 3 rings (SSSR count). The molecule has 2 aromatic carbocycles. The highest BCUT2D eigenvalue weighted by atomic mass is 32.2. The maximum absolute atomic E-state index is 13.6. The smallest absolute Gasteiger partial charge is 0.136 e. The Labute approximate surface area is 125 Å². The predicted molar refractivity (Wildman–Crippen MR) is 82.1 cm³/mol. The number of anilines is 1. The lowest BCUT2D eigenvalue weighted by Gasteiger charge is -2.08. The monoisotopic (exact) mass is 302 g/mol. The van der Waals surface area contributed by atoms with Crippen molar-refractivity contribution in [3.05, 3.63) is 65.7 Å². The first-order valence-electron chi connectivity index (χ1n) is 6.35. The summed E-state index contributed by atoms with van der Waals surface area (Å²) in [6, 6.07) is 13.0. The number of thioether (sulfide) groups is 1. The quantitative estimate of drug-likeness (QED) is 0.729. The summed E-state index contributed by atoms with van der Waals surface area (Å²) >= 11 is 1.20. The maximum Gasteiger partial charge on any atom is 0.136 e. The number of rotatable bonds is 3. The van der Waals surface area contributed by atoms with Crippen LogP contribution in [0.25, 0.3) is 10.9 Å². The van der Waals surface area contributed by atoms with Crippen LogP contribution in [0.2, 0.25) is 0 Å². The molecule has 2 N–H and O–H groups in total. The third-order valence-electron chi connectivity index (χ3n) is 3.11. The lowest BCUT2D eigenvalue weighted by Crippen LogP contribution is -1.97. The van der Waals surface area contributed by atoms with Crippen LogP contribution in [0.3, 0.4) is 0 Å². The van der Waals surface area contributed by atoms with Crippen LogP contribution in [0.4, 0.5) is 14.6 Å². The second-order valence-corrected chi connectivity index (χ2v) is 5.61. The van der Waals surface area contributed by atoms with Crippen molar-refractivity contribution in [2.75, 3.05) is 5.73 Å². The van der Waals surface area contributed by atoms with E-state index in [1.54, 1.807) is 0 Å². The first-order chi connectivity index (χ1) is 10.1. The fourth-order valence-corrected chi connectivity index (χ4v) is 2.98. The van der Waals surface area contributed by atoms with Crippen molar-refractivity contribution in [2.24, 2.45) is 0 Å². The van der Waals surface area contributed by atoms with Gasteiger partial charge < -0.3 is 5.73 Å². The molecule has 0 spiro atoms. The van der Waals surface area contributed by atoms with E-state index >= 15 is 0 Å². The minimum atomic E-state index is -0.455. The minimum Gasteiger partial charge on any atom is -0.383 e. The number of pyridine rings is 1. The van der Waals surface area contributed by atoms with E-state index in [1.807, 2.05) is 30.3 Å². The summed E-state index contributed by atoms with van der Waals surface area (Å²) in [4.78, 5) is 4.59. The summed E-state index contributed by atoms with van der Waals surface area (Å²) in [5.41, 5.74) is 7.55. The van der Waals surface area contributed by atoms with E-state index in [-0.39, 0.29) is 4.90 Å². The highest BCUT2D eigenvalue weighted by molar-refractivity contribution is 7.98. The largest absolute Gasteiger partial charge is 0.383 e. The molecule has 0 aliphatic carbocycles. The SMILES string of the molecule is Nc1nc2ccccc2cc1CSc1cc(F)ccc1F. The van der Waals surface area contributed by atoms with Crippen molar-refractivity contribution in [1.82, 2.24) is 4.98 Å². The van der Waals surface area contributed by atoms with Gasteiger partial charge in [0.05, 0.1) is 5.52 Å². The normalized spacial score (nSPS) is 11.0.